The Balaban J connectivity index is 1.25. The van der Waals surface area contributed by atoms with Crippen molar-refractivity contribution in [1.29, 1.82) is 0 Å². The molecule has 41 heavy (non-hydrogen) atoms. The number of ether oxygens (including phenoxy) is 1. The van der Waals surface area contributed by atoms with Crippen LogP contribution in [0.1, 0.15) is 22.8 Å². The molecule has 1 atom stereocenters. The zero-order chi connectivity index (χ0) is 29.1. The third kappa shape index (κ3) is 5.97. The molecule has 12 heteroatoms. The van der Waals surface area contributed by atoms with E-state index in [9.17, 15) is 14.4 Å². The fourth-order valence-electron chi connectivity index (χ4n) is 4.92. The fourth-order valence-corrected chi connectivity index (χ4v) is 4.92. The van der Waals surface area contributed by atoms with Crippen LogP contribution in [0.4, 0.5) is 28.4 Å². The Kier molecular flexibility index (Phi) is 8.11. The van der Waals surface area contributed by atoms with Gasteiger partial charge in [0, 0.05) is 55.9 Å². The van der Waals surface area contributed by atoms with Gasteiger partial charge in [-0.3, -0.25) is 19.3 Å². The van der Waals surface area contributed by atoms with Crippen molar-refractivity contribution < 1.29 is 14.3 Å². The van der Waals surface area contributed by atoms with Crippen LogP contribution in [-0.2, 0) is 4.79 Å². The molecule has 0 bridgehead atoms. The van der Waals surface area contributed by atoms with Gasteiger partial charge in [-0.1, -0.05) is 0 Å². The molecule has 2 aliphatic heterocycles. The van der Waals surface area contributed by atoms with Gasteiger partial charge >= 0.3 is 0 Å². The van der Waals surface area contributed by atoms with E-state index in [0.717, 1.165) is 30.0 Å². The summed E-state index contributed by atoms with van der Waals surface area (Å²) in [5.41, 5.74) is 3.70. The first-order valence-electron chi connectivity index (χ1n) is 13.7. The fraction of sp³-hybridized carbons (Fsp3) is 0.379. The number of hydrogen-bond acceptors (Lipinski definition) is 9. The number of anilines is 5. The number of piperazine rings is 1. The lowest BCUT2D eigenvalue weighted by molar-refractivity contribution is -0.135. The number of aromatic nitrogens is 2. The number of nitrogens with one attached hydrogen (secondary N) is 4. The average Bonchev–Trinajstić information content (AvgIpc) is 2.98. The number of benzene rings is 1. The third-order valence-electron chi connectivity index (χ3n) is 7.62. The Morgan fingerprint density at radius 3 is 2.51 bits per heavy atom. The smallest absolute Gasteiger partial charge is 0.263 e. The summed E-state index contributed by atoms with van der Waals surface area (Å²) in [4.78, 5) is 51.7. The SMILES string of the molecule is Cc1c(Nc2cc[nH]c(=O)c2C(=O)Nc2ccc(N3CCN(C(=O)C(C)N(C)C)CC3)cc2)cnc2c1NCCO2. The van der Waals surface area contributed by atoms with Crippen molar-refractivity contribution in [2.24, 2.45) is 0 Å². The first kappa shape index (κ1) is 28.0. The van der Waals surface area contributed by atoms with Crippen molar-refractivity contribution in [3.05, 3.63) is 64.2 Å². The van der Waals surface area contributed by atoms with Crippen LogP contribution in [0.2, 0.25) is 0 Å². The molecule has 216 valence electrons. The molecule has 2 amide bonds. The summed E-state index contributed by atoms with van der Waals surface area (Å²) in [7, 11) is 3.82. The molecule has 4 heterocycles. The molecule has 0 saturated carbocycles. The number of nitrogens with zero attached hydrogens (tertiary/aromatic N) is 4. The van der Waals surface area contributed by atoms with E-state index in [1.165, 1.54) is 6.20 Å². The van der Waals surface area contributed by atoms with Crippen LogP contribution >= 0.6 is 0 Å². The highest BCUT2D eigenvalue weighted by Gasteiger charge is 2.26. The number of rotatable bonds is 7. The van der Waals surface area contributed by atoms with Gasteiger partial charge in [-0.2, -0.15) is 0 Å². The lowest BCUT2D eigenvalue weighted by Gasteiger charge is -2.38. The topological polar surface area (TPSA) is 135 Å². The van der Waals surface area contributed by atoms with Crippen molar-refractivity contribution in [1.82, 2.24) is 19.8 Å². The number of carbonyl (C=O) groups excluding carboxylic acids is 2. The summed E-state index contributed by atoms with van der Waals surface area (Å²) < 4.78 is 5.59. The second-order valence-electron chi connectivity index (χ2n) is 10.4. The lowest BCUT2D eigenvalue weighted by atomic mass is 10.1. The van der Waals surface area contributed by atoms with Crippen LogP contribution < -0.4 is 31.1 Å². The average molecular weight is 561 g/mol. The van der Waals surface area contributed by atoms with E-state index in [1.54, 1.807) is 12.3 Å². The van der Waals surface area contributed by atoms with Gasteiger partial charge in [0.05, 0.1) is 23.6 Å². The van der Waals surface area contributed by atoms with E-state index in [2.05, 4.69) is 30.8 Å². The minimum Gasteiger partial charge on any atom is -0.474 e. The number of hydrogen-bond donors (Lipinski definition) is 4. The van der Waals surface area contributed by atoms with Gasteiger partial charge in [-0.15, -0.1) is 0 Å². The molecule has 0 radical (unpaired) electrons. The summed E-state index contributed by atoms with van der Waals surface area (Å²) in [6.45, 7) is 7.82. The van der Waals surface area contributed by atoms with Crippen LogP contribution in [0.25, 0.3) is 0 Å². The summed E-state index contributed by atoms with van der Waals surface area (Å²) >= 11 is 0. The summed E-state index contributed by atoms with van der Waals surface area (Å²) in [5.74, 6) is 0.136. The van der Waals surface area contributed by atoms with E-state index in [0.29, 0.717) is 49.2 Å². The quantitative estimate of drug-likeness (QED) is 0.344. The van der Waals surface area contributed by atoms with E-state index in [4.69, 9.17) is 4.74 Å². The molecule has 1 unspecified atom stereocenters. The minimum absolute atomic E-state index is 0.0364. The first-order chi connectivity index (χ1) is 19.7. The number of aromatic amines is 1. The predicted octanol–water partition coefficient (Wildman–Crippen LogP) is 2.48. The lowest BCUT2D eigenvalue weighted by Crippen LogP contribution is -2.53. The van der Waals surface area contributed by atoms with Gasteiger partial charge in [-0.05, 0) is 58.3 Å². The molecule has 4 N–H and O–H groups in total. The van der Waals surface area contributed by atoms with Crippen LogP contribution in [0, 0.1) is 6.92 Å². The maximum Gasteiger partial charge on any atom is 0.263 e. The van der Waals surface area contributed by atoms with Gasteiger partial charge < -0.3 is 35.5 Å². The third-order valence-corrected chi connectivity index (χ3v) is 7.62. The number of H-pyrrole nitrogens is 1. The molecule has 12 nitrogen and oxygen atoms in total. The van der Waals surface area contributed by atoms with E-state index >= 15 is 0 Å². The Bertz CT molecular complexity index is 1480. The first-order valence-corrected chi connectivity index (χ1v) is 13.7. The van der Waals surface area contributed by atoms with E-state index in [-0.39, 0.29) is 17.5 Å². The molecule has 2 aromatic heterocycles. The summed E-state index contributed by atoms with van der Waals surface area (Å²) in [6.07, 6.45) is 3.12. The largest absolute Gasteiger partial charge is 0.474 e. The maximum atomic E-state index is 13.3. The zero-order valence-electron chi connectivity index (χ0n) is 23.8. The normalized spacial score (nSPS) is 15.4. The molecule has 1 saturated heterocycles. The van der Waals surface area contributed by atoms with E-state index < -0.39 is 11.5 Å². The van der Waals surface area contributed by atoms with Crippen molar-refractivity contribution >= 4 is 40.3 Å². The second kappa shape index (κ2) is 11.9. The van der Waals surface area contributed by atoms with Gasteiger partial charge in [0.2, 0.25) is 11.8 Å². The molecular formula is C29H36N8O4. The van der Waals surface area contributed by atoms with Crippen LogP contribution in [0.3, 0.4) is 0 Å². The zero-order valence-corrected chi connectivity index (χ0v) is 23.8. The Labute approximate surface area is 238 Å². The Hall–Kier alpha value is -4.58. The molecule has 5 rings (SSSR count). The van der Waals surface area contributed by atoms with E-state index in [1.807, 2.05) is 62.0 Å². The second-order valence-corrected chi connectivity index (χ2v) is 10.4. The van der Waals surface area contributed by atoms with Crippen molar-refractivity contribution in [3.8, 4) is 5.88 Å². The van der Waals surface area contributed by atoms with Crippen LogP contribution in [0.5, 0.6) is 5.88 Å². The molecule has 1 aromatic carbocycles. The number of amides is 2. The minimum atomic E-state index is -0.533. The highest BCUT2D eigenvalue weighted by molar-refractivity contribution is 6.08. The number of fused-ring (bicyclic) bond motifs is 1. The summed E-state index contributed by atoms with van der Waals surface area (Å²) in [5, 5.41) is 9.33. The molecule has 0 aliphatic carbocycles. The standard InChI is InChI=1S/C29H36N8O4/c1-18-23(17-32-28-25(18)30-11-16-41-28)34-22-9-10-31-26(38)24(22)27(39)33-20-5-7-21(8-6-20)36-12-14-37(15-13-36)29(40)19(2)35(3)4/h5-10,17,19,30H,11-16H2,1-4H3,(H,33,39)(H2,31,34,38). The number of likely N-dealkylation sites (N-methyl/N-ethyl adjacent to an activating group) is 1. The van der Waals surface area contributed by atoms with Crippen molar-refractivity contribution in [2.75, 3.05) is 74.3 Å². The molecule has 0 spiro atoms. The molecule has 1 fully saturated rings. The highest BCUT2D eigenvalue weighted by Crippen LogP contribution is 2.34. The number of pyridine rings is 2. The van der Waals surface area contributed by atoms with Crippen molar-refractivity contribution in [3.63, 3.8) is 0 Å². The maximum absolute atomic E-state index is 13.3. The van der Waals surface area contributed by atoms with Gasteiger partial charge in [0.25, 0.3) is 11.5 Å². The number of carbonyl (C=O) groups is 2. The van der Waals surface area contributed by atoms with Crippen molar-refractivity contribution in [2.45, 2.75) is 19.9 Å². The molecule has 3 aromatic rings. The van der Waals surface area contributed by atoms with Gasteiger partial charge in [0.1, 0.15) is 17.9 Å². The van der Waals surface area contributed by atoms with Crippen LogP contribution in [0.15, 0.2) is 47.5 Å². The monoisotopic (exact) mass is 560 g/mol. The summed E-state index contributed by atoms with van der Waals surface area (Å²) in [6, 6.07) is 8.98. The predicted molar refractivity (Wildman–Crippen MR) is 160 cm³/mol. The van der Waals surface area contributed by atoms with Crippen LogP contribution in [-0.4, -0.2) is 91.0 Å². The highest BCUT2D eigenvalue weighted by atomic mass is 16.5. The Morgan fingerprint density at radius 1 is 1.07 bits per heavy atom. The Morgan fingerprint density at radius 2 is 1.80 bits per heavy atom. The molecule has 2 aliphatic rings. The van der Waals surface area contributed by atoms with Gasteiger partial charge in [0.15, 0.2) is 0 Å². The molecular weight excluding hydrogens is 524 g/mol. The van der Waals surface area contributed by atoms with Gasteiger partial charge in [-0.25, -0.2) is 4.98 Å².